The molecule has 1 aromatic carbocycles. The van der Waals surface area contributed by atoms with Crippen molar-refractivity contribution in [1.29, 1.82) is 0 Å². The van der Waals surface area contributed by atoms with Gasteiger partial charge in [-0.25, -0.2) is 18.6 Å². The smallest absolute Gasteiger partial charge is 0.352 e. The molecule has 0 saturated heterocycles. The van der Waals surface area contributed by atoms with Crippen molar-refractivity contribution in [2.75, 3.05) is 0 Å². The Labute approximate surface area is 190 Å². The minimum absolute atomic E-state index is 0.0135. The van der Waals surface area contributed by atoms with Crippen molar-refractivity contribution >= 4 is 28.1 Å². The van der Waals surface area contributed by atoms with Crippen molar-refractivity contribution in [3.63, 3.8) is 0 Å². The molecule has 0 unspecified atom stereocenters. The molecule has 0 bridgehead atoms. The first-order chi connectivity index (χ1) is 15.7. The number of nitrogens with one attached hydrogen (secondary N) is 1. The molecule has 33 heavy (non-hydrogen) atoms. The second-order valence-electron chi connectivity index (χ2n) is 7.27. The predicted octanol–water partition coefficient (Wildman–Crippen LogP) is 3.41. The first-order valence-corrected chi connectivity index (χ1v) is 10.2. The zero-order chi connectivity index (χ0) is 24.0. The molecular weight excluding hydrogens is 456 g/mol. The molecule has 0 amide bonds. The predicted molar refractivity (Wildman–Crippen MR) is 120 cm³/mol. The summed E-state index contributed by atoms with van der Waals surface area (Å²) in [5, 5.41) is 13.2. The van der Waals surface area contributed by atoms with E-state index >= 15 is 4.39 Å². The second kappa shape index (κ2) is 8.38. The number of pyridine rings is 2. The van der Waals surface area contributed by atoms with Crippen LogP contribution in [0.5, 0.6) is 0 Å². The molecule has 0 aliphatic rings. The third kappa shape index (κ3) is 3.47. The largest absolute Gasteiger partial charge is 0.388 e. The van der Waals surface area contributed by atoms with Crippen LogP contribution in [0.15, 0.2) is 40.6 Å². The summed E-state index contributed by atoms with van der Waals surface area (Å²) < 4.78 is 32.8. The molecule has 0 aliphatic heterocycles. The Morgan fingerprint density at radius 1 is 1.27 bits per heavy atom. The van der Waals surface area contributed by atoms with Crippen molar-refractivity contribution in [3.05, 3.63) is 79.9 Å². The fraction of sp³-hybridized carbons (Fsp3) is 0.182. The lowest BCUT2D eigenvalue weighted by Gasteiger charge is -2.15. The van der Waals surface area contributed by atoms with Gasteiger partial charge in [-0.2, -0.15) is 4.68 Å². The molecule has 4 aromatic rings. The standard InChI is InChI=1S/C22H18ClF2N5O3/c1-4-29-14(9-31)28-30(22(29)33)20-18(25)16(15-12(23)6-5-7-13(15)24)17-19(27-20)11(10(2)3)8-26-21(17)32/h5-8,31H,2,4,9H2,1,3H3,(H,26,32). The molecule has 0 spiro atoms. The van der Waals surface area contributed by atoms with Crippen LogP contribution in [0.3, 0.4) is 0 Å². The summed E-state index contributed by atoms with van der Waals surface area (Å²) in [7, 11) is 0. The average Bonchev–Trinajstić information content (AvgIpc) is 3.09. The first-order valence-electron chi connectivity index (χ1n) is 9.86. The van der Waals surface area contributed by atoms with Gasteiger partial charge in [-0.3, -0.25) is 9.36 Å². The summed E-state index contributed by atoms with van der Waals surface area (Å²) in [4.78, 5) is 32.4. The van der Waals surface area contributed by atoms with Crippen molar-refractivity contribution in [1.82, 2.24) is 24.3 Å². The monoisotopic (exact) mass is 473 g/mol. The van der Waals surface area contributed by atoms with Crippen LogP contribution >= 0.6 is 11.6 Å². The Hall–Kier alpha value is -3.63. The Kier molecular flexibility index (Phi) is 5.73. The van der Waals surface area contributed by atoms with E-state index in [1.165, 1.54) is 18.3 Å². The highest BCUT2D eigenvalue weighted by Gasteiger charge is 2.27. The van der Waals surface area contributed by atoms with E-state index in [0.29, 0.717) is 15.8 Å². The Balaban J connectivity index is 2.27. The van der Waals surface area contributed by atoms with Gasteiger partial charge in [-0.05, 0) is 31.6 Å². The molecule has 11 heteroatoms. The SMILES string of the molecule is C=C(C)c1c[nH]c(=O)c2c(-c3c(F)cccc3Cl)c(F)c(-n3nc(CO)n(CC)c3=O)nc12. The number of aliphatic hydroxyl groups excluding tert-OH is 1. The number of hydrogen-bond donors (Lipinski definition) is 2. The van der Waals surface area contributed by atoms with Gasteiger partial charge in [0.2, 0.25) is 0 Å². The normalized spacial score (nSPS) is 11.3. The van der Waals surface area contributed by atoms with Crippen LogP contribution in [0, 0.1) is 11.6 Å². The highest BCUT2D eigenvalue weighted by Crippen LogP contribution is 2.38. The number of aliphatic hydroxyl groups is 1. The molecule has 8 nitrogen and oxygen atoms in total. The number of aromatic amines is 1. The van der Waals surface area contributed by atoms with E-state index in [1.54, 1.807) is 13.8 Å². The van der Waals surface area contributed by atoms with Gasteiger partial charge in [0.1, 0.15) is 12.4 Å². The Morgan fingerprint density at radius 3 is 2.58 bits per heavy atom. The molecule has 0 aliphatic carbocycles. The van der Waals surface area contributed by atoms with Crippen LogP contribution < -0.4 is 11.2 Å². The number of nitrogens with zero attached hydrogens (tertiary/aromatic N) is 4. The zero-order valence-corrected chi connectivity index (χ0v) is 18.4. The topological polar surface area (TPSA) is 106 Å². The van der Waals surface area contributed by atoms with E-state index in [9.17, 15) is 19.1 Å². The van der Waals surface area contributed by atoms with Crippen LogP contribution in [0.1, 0.15) is 25.2 Å². The molecule has 3 aromatic heterocycles. The first kappa shape index (κ1) is 22.6. The molecule has 2 N–H and O–H groups in total. The van der Waals surface area contributed by atoms with Crippen molar-refractivity contribution in [2.24, 2.45) is 0 Å². The van der Waals surface area contributed by atoms with Crippen molar-refractivity contribution in [3.8, 4) is 16.9 Å². The lowest BCUT2D eigenvalue weighted by molar-refractivity contribution is 0.264. The van der Waals surface area contributed by atoms with E-state index in [2.05, 4.69) is 21.6 Å². The minimum Gasteiger partial charge on any atom is -0.388 e. The second-order valence-corrected chi connectivity index (χ2v) is 7.68. The highest BCUT2D eigenvalue weighted by molar-refractivity contribution is 6.33. The molecule has 4 rings (SSSR count). The zero-order valence-electron chi connectivity index (χ0n) is 17.6. The van der Waals surface area contributed by atoms with E-state index in [1.807, 2.05) is 0 Å². The van der Waals surface area contributed by atoms with Gasteiger partial charge in [0.15, 0.2) is 17.5 Å². The summed E-state index contributed by atoms with van der Waals surface area (Å²) in [5.74, 6) is -2.63. The van der Waals surface area contributed by atoms with Gasteiger partial charge in [0.05, 0.1) is 15.9 Å². The number of rotatable bonds is 5. The van der Waals surface area contributed by atoms with Gasteiger partial charge in [-0.15, -0.1) is 5.10 Å². The van der Waals surface area contributed by atoms with E-state index in [4.69, 9.17) is 11.6 Å². The number of H-pyrrole nitrogens is 1. The van der Waals surface area contributed by atoms with Crippen LogP contribution in [0.4, 0.5) is 8.78 Å². The molecule has 0 fully saturated rings. The summed E-state index contributed by atoms with van der Waals surface area (Å²) in [6.07, 6.45) is 1.35. The number of hydrogen-bond acceptors (Lipinski definition) is 5. The maximum absolute atomic E-state index is 16.0. The van der Waals surface area contributed by atoms with Crippen LogP contribution in [0.2, 0.25) is 5.02 Å². The lowest BCUT2D eigenvalue weighted by atomic mass is 9.98. The van der Waals surface area contributed by atoms with Crippen molar-refractivity contribution in [2.45, 2.75) is 27.0 Å². The van der Waals surface area contributed by atoms with Gasteiger partial charge >= 0.3 is 5.69 Å². The van der Waals surface area contributed by atoms with Crippen molar-refractivity contribution < 1.29 is 13.9 Å². The molecule has 3 heterocycles. The maximum atomic E-state index is 16.0. The number of fused-ring (bicyclic) bond motifs is 1. The van der Waals surface area contributed by atoms with E-state index < -0.39 is 40.9 Å². The molecule has 170 valence electrons. The summed E-state index contributed by atoms with van der Waals surface area (Å²) >= 11 is 6.22. The third-order valence-corrected chi connectivity index (χ3v) is 5.53. The molecular formula is C22H18ClF2N5O3. The summed E-state index contributed by atoms with van der Waals surface area (Å²) in [5.41, 5.74) is -1.50. The number of aromatic nitrogens is 5. The van der Waals surface area contributed by atoms with Crippen LogP contribution in [-0.2, 0) is 13.2 Å². The maximum Gasteiger partial charge on any atom is 0.352 e. The van der Waals surface area contributed by atoms with Gasteiger partial charge < -0.3 is 10.1 Å². The number of benzene rings is 1. The van der Waals surface area contributed by atoms with E-state index in [0.717, 1.165) is 10.6 Å². The Morgan fingerprint density at radius 2 is 2.00 bits per heavy atom. The lowest BCUT2D eigenvalue weighted by Crippen LogP contribution is -2.26. The van der Waals surface area contributed by atoms with Gasteiger partial charge in [0.25, 0.3) is 5.56 Å². The molecule has 0 saturated carbocycles. The number of allylic oxidation sites excluding steroid dienone is 1. The summed E-state index contributed by atoms with van der Waals surface area (Å²) in [6.45, 7) is 6.74. The number of halogens is 3. The summed E-state index contributed by atoms with van der Waals surface area (Å²) in [6, 6.07) is 3.77. The minimum atomic E-state index is -1.17. The van der Waals surface area contributed by atoms with Gasteiger partial charge in [-0.1, -0.05) is 24.2 Å². The third-order valence-electron chi connectivity index (χ3n) is 5.22. The quantitative estimate of drug-likeness (QED) is 0.462. The molecule has 0 atom stereocenters. The fourth-order valence-electron chi connectivity index (χ4n) is 3.69. The van der Waals surface area contributed by atoms with Gasteiger partial charge in [0, 0.05) is 29.4 Å². The average molecular weight is 474 g/mol. The van der Waals surface area contributed by atoms with E-state index in [-0.39, 0.29) is 33.9 Å². The highest BCUT2D eigenvalue weighted by atomic mass is 35.5. The van der Waals surface area contributed by atoms with Crippen LogP contribution in [-0.4, -0.2) is 29.4 Å². The Bertz CT molecular complexity index is 1530. The van der Waals surface area contributed by atoms with Crippen LogP contribution in [0.25, 0.3) is 33.4 Å². The fourth-order valence-corrected chi connectivity index (χ4v) is 3.95. The molecule has 0 radical (unpaired) electrons.